The zero-order chi connectivity index (χ0) is 21.3. The molecule has 1 saturated heterocycles. The maximum Gasteiger partial charge on any atom is 0.275 e. The highest BCUT2D eigenvalue weighted by Gasteiger charge is 2.20. The minimum Gasteiger partial charge on any atom is -0.383 e. The van der Waals surface area contributed by atoms with Crippen LogP contribution in [0.2, 0.25) is 0 Å². The van der Waals surface area contributed by atoms with Crippen molar-refractivity contribution in [3.8, 4) is 0 Å². The maximum atomic E-state index is 12.8. The van der Waals surface area contributed by atoms with Gasteiger partial charge < -0.3 is 25.0 Å². The fourth-order valence-corrected chi connectivity index (χ4v) is 4.03. The Kier molecular flexibility index (Phi) is 8.18. The highest BCUT2D eigenvalue weighted by molar-refractivity contribution is 7.14. The first-order valence-electron chi connectivity index (χ1n) is 10.1. The molecule has 2 amide bonds. The van der Waals surface area contributed by atoms with Gasteiger partial charge in [-0.25, -0.2) is 4.98 Å². The number of nitrogens with one attached hydrogen (secondary N) is 2. The number of aromatic nitrogens is 1. The van der Waals surface area contributed by atoms with Crippen LogP contribution >= 0.6 is 11.3 Å². The van der Waals surface area contributed by atoms with E-state index in [0.717, 1.165) is 36.6 Å². The highest BCUT2D eigenvalue weighted by Crippen LogP contribution is 2.25. The van der Waals surface area contributed by atoms with Crippen molar-refractivity contribution < 1.29 is 19.1 Å². The van der Waals surface area contributed by atoms with E-state index in [1.807, 2.05) is 13.0 Å². The second-order valence-corrected chi connectivity index (χ2v) is 7.77. The Morgan fingerprint density at radius 1 is 1.23 bits per heavy atom. The molecule has 9 heteroatoms. The number of ether oxygens (including phenoxy) is 2. The maximum absolute atomic E-state index is 12.8. The number of hydrogen-bond donors (Lipinski definition) is 2. The zero-order valence-corrected chi connectivity index (χ0v) is 18.2. The van der Waals surface area contributed by atoms with Gasteiger partial charge in [-0.2, -0.15) is 0 Å². The van der Waals surface area contributed by atoms with Gasteiger partial charge in [0, 0.05) is 38.7 Å². The number of methoxy groups -OCH3 is 1. The minimum absolute atomic E-state index is 0.281. The molecule has 0 aliphatic carbocycles. The molecular formula is C21H28N4O4S. The molecule has 1 aliphatic heterocycles. The molecule has 30 heavy (non-hydrogen) atoms. The van der Waals surface area contributed by atoms with Crippen molar-refractivity contribution in [2.24, 2.45) is 0 Å². The lowest BCUT2D eigenvalue weighted by atomic mass is 10.1. The molecule has 0 unspecified atom stereocenters. The van der Waals surface area contributed by atoms with Crippen LogP contribution in [0, 0.1) is 0 Å². The number of carbonyl (C=O) groups is 2. The van der Waals surface area contributed by atoms with Crippen LogP contribution in [0.25, 0.3) is 0 Å². The number of rotatable bonds is 10. The first kappa shape index (κ1) is 22.2. The quantitative estimate of drug-likeness (QED) is 0.561. The summed E-state index contributed by atoms with van der Waals surface area (Å²) in [5, 5.41) is 8.26. The van der Waals surface area contributed by atoms with Gasteiger partial charge >= 0.3 is 0 Å². The van der Waals surface area contributed by atoms with Gasteiger partial charge in [-0.05, 0) is 37.5 Å². The second-order valence-electron chi connectivity index (χ2n) is 6.93. The third kappa shape index (κ3) is 5.78. The van der Waals surface area contributed by atoms with Crippen molar-refractivity contribution in [1.29, 1.82) is 0 Å². The second kappa shape index (κ2) is 11.1. The van der Waals surface area contributed by atoms with Crippen molar-refractivity contribution in [1.82, 2.24) is 10.3 Å². The first-order chi connectivity index (χ1) is 14.6. The predicted molar refractivity (Wildman–Crippen MR) is 117 cm³/mol. The van der Waals surface area contributed by atoms with Gasteiger partial charge in [0.15, 0.2) is 5.13 Å². The van der Waals surface area contributed by atoms with Crippen LogP contribution in [0.3, 0.4) is 0 Å². The Labute approximate surface area is 180 Å². The Bertz CT molecular complexity index is 864. The van der Waals surface area contributed by atoms with Crippen molar-refractivity contribution in [3.05, 3.63) is 40.4 Å². The molecule has 2 aromatic rings. The van der Waals surface area contributed by atoms with Crippen LogP contribution < -0.4 is 15.5 Å². The van der Waals surface area contributed by atoms with E-state index < -0.39 is 0 Å². The predicted octanol–water partition coefficient (Wildman–Crippen LogP) is 2.91. The smallest absolute Gasteiger partial charge is 0.275 e. The average Bonchev–Trinajstić information content (AvgIpc) is 3.44. The summed E-state index contributed by atoms with van der Waals surface area (Å²) in [5.41, 5.74) is 2.03. The largest absolute Gasteiger partial charge is 0.383 e. The van der Waals surface area contributed by atoms with E-state index in [4.69, 9.17) is 9.47 Å². The van der Waals surface area contributed by atoms with Crippen molar-refractivity contribution in [2.45, 2.75) is 26.4 Å². The molecule has 8 nitrogen and oxygen atoms in total. The summed E-state index contributed by atoms with van der Waals surface area (Å²) < 4.78 is 10.4. The molecule has 0 atom stereocenters. The molecule has 162 valence electrons. The summed E-state index contributed by atoms with van der Waals surface area (Å²) in [5.74, 6) is -0.614. The lowest BCUT2D eigenvalue weighted by Gasteiger charge is -2.13. The van der Waals surface area contributed by atoms with Crippen LogP contribution in [0.4, 0.5) is 10.8 Å². The summed E-state index contributed by atoms with van der Waals surface area (Å²) in [7, 11) is 1.57. The fraction of sp³-hybridized carbons (Fsp3) is 0.476. The molecule has 0 bridgehead atoms. The SMILES string of the molecule is CCOCc1ccc(NC(=O)c2csc(N3CCCC3)n2)c(C(=O)NCCOC)c1. The Hall–Kier alpha value is -2.49. The van der Waals surface area contributed by atoms with E-state index in [0.29, 0.717) is 43.3 Å². The van der Waals surface area contributed by atoms with Gasteiger partial charge in [-0.1, -0.05) is 6.07 Å². The summed E-state index contributed by atoms with van der Waals surface area (Å²) in [6.07, 6.45) is 2.30. The summed E-state index contributed by atoms with van der Waals surface area (Å²) >= 11 is 1.47. The van der Waals surface area contributed by atoms with Gasteiger partial charge in [0.2, 0.25) is 0 Å². The monoisotopic (exact) mass is 432 g/mol. The molecule has 0 spiro atoms. The van der Waals surface area contributed by atoms with Gasteiger partial charge in [0.05, 0.1) is 24.5 Å². The number of anilines is 2. The number of thiazole rings is 1. The number of amides is 2. The molecule has 2 N–H and O–H groups in total. The van der Waals surface area contributed by atoms with Crippen molar-refractivity contribution in [3.63, 3.8) is 0 Å². The lowest BCUT2D eigenvalue weighted by Crippen LogP contribution is -2.28. The van der Waals surface area contributed by atoms with Gasteiger partial charge in [-0.15, -0.1) is 11.3 Å². The molecule has 0 saturated carbocycles. The van der Waals surface area contributed by atoms with Gasteiger partial charge in [0.25, 0.3) is 11.8 Å². The average molecular weight is 433 g/mol. The Balaban J connectivity index is 1.75. The minimum atomic E-state index is -0.333. The summed E-state index contributed by atoms with van der Waals surface area (Å²) in [6, 6.07) is 5.31. The molecule has 2 heterocycles. The third-order valence-electron chi connectivity index (χ3n) is 4.74. The molecule has 1 aromatic carbocycles. The van der Waals surface area contributed by atoms with Crippen molar-refractivity contribution in [2.75, 3.05) is 50.2 Å². The fourth-order valence-electron chi connectivity index (χ4n) is 3.17. The van der Waals surface area contributed by atoms with E-state index in [-0.39, 0.29) is 11.8 Å². The van der Waals surface area contributed by atoms with E-state index in [2.05, 4.69) is 20.5 Å². The van der Waals surface area contributed by atoms with E-state index >= 15 is 0 Å². The van der Waals surface area contributed by atoms with E-state index in [1.165, 1.54) is 11.3 Å². The Morgan fingerprint density at radius 3 is 2.77 bits per heavy atom. The molecule has 1 aliphatic rings. The van der Waals surface area contributed by atoms with E-state index in [9.17, 15) is 9.59 Å². The molecular weight excluding hydrogens is 404 g/mol. The van der Waals surface area contributed by atoms with Crippen LogP contribution in [0.15, 0.2) is 23.6 Å². The van der Waals surface area contributed by atoms with Crippen molar-refractivity contribution >= 4 is 34.0 Å². The van der Waals surface area contributed by atoms with Gasteiger partial charge in [-0.3, -0.25) is 9.59 Å². The standard InChI is InChI=1S/C21H28N4O4S/c1-3-29-13-15-6-7-17(16(12-15)19(26)22-8-11-28-2)23-20(27)18-14-30-21(24-18)25-9-4-5-10-25/h6-7,12,14H,3-5,8-11,13H2,1-2H3,(H,22,26)(H,23,27). The van der Waals surface area contributed by atoms with Crippen LogP contribution in [-0.4, -0.2) is 56.8 Å². The van der Waals surface area contributed by atoms with Crippen LogP contribution in [0.5, 0.6) is 0 Å². The first-order valence-corrected chi connectivity index (χ1v) is 11.0. The van der Waals surface area contributed by atoms with Crippen LogP contribution in [-0.2, 0) is 16.1 Å². The van der Waals surface area contributed by atoms with Crippen LogP contribution in [0.1, 0.15) is 46.2 Å². The number of hydrogen-bond acceptors (Lipinski definition) is 7. The number of benzene rings is 1. The molecule has 1 aromatic heterocycles. The highest BCUT2D eigenvalue weighted by atomic mass is 32.1. The summed E-state index contributed by atoms with van der Waals surface area (Å²) in [6.45, 7) is 5.62. The van der Waals surface area contributed by atoms with Gasteiger partial charge in [0.1, 0.15) is 5.69 Å². The molecule has 3 rings (SSSR count). The lowest BCUT2D eigenvalue weighted by molar-refractivity contribution is 0.0937. The molecule has 1 fully saturated rings. The summed E-state index contributed by atoms with van der Waals surface area (Å²) in [4.78, 5) is 32.1. The zero-order valence-electron chi connectivity index (χ0n) is 17.4. The normalized spacial score (nSPS) is 13.5. The topological polar surface area (TPSA) is 92.8 Å². The third-order valence-corrected chi connectivity index (χ3v) is 5.64. The Morgan fingerprint density at radius 2 is 2.03 bits per heavy atom. The molecule has 0 radical (unpaired) electrons. The number of carbonyl (C=O) groups excluding carboxylic acids is 2. The number of nitrogens with zero attached hydrogens (tertiary/aromatic N) is 2. The van der Waals surface area contributed by atoms with E-state index in [1.54, 1.807) is 24.6 Å².